The largest absolute Gasteiger partial charge is 0.369 e. The first-order valence-corrected chi connectivity index (χ1v) is 3.19. The number of H-pyrrole nitrogens is 2. The van der Waals surface area contributed by atoms with Crippen LogP contribution in [-0.2, 0) is 11.2 Å². The number of hydrogen-bond donors (Lipinski definition) is 3. The van der Waals surface area contributed by atoms with Crippen molar-refractivity contribution in [2.75, 3.05) is 0 Å². The number of nitrogens with two attached hydrogens (primary N) is 1. The normalized spacial score (nSPS) is 9.67. The Morgan fingerprint density at radius 1 is 1.50 bits per heavy atom. The van der Waals surface area contributed by atoms with Crippen molar-refractivity contribution in [3.63, 3.8) is 0 Å². The van der Waals surface area contributed by atoms with Crippen LogP contribution in [0.4, 0.5) is 0 Å². The smallest absolute Gasteiger partial charge is 0.325 e. The Balaban J connectivity index is 3.10. The molecule has 1 aromatic heterocycles. The number of primary amides is 1. The van der Waals surface area contributed by atoms with E-state index in [1.807, 2.05) is 4.98 Å². The maximum absolute atomic E-state index is 10.9. The number of carbonyl (C=O) groups is 1. The summed E-state index contributed by atoms with van der Waals surface area (Å²) < 4.78 is 0. The van der Waals surface area contributed by atoms with Crippen molar-refractivity contribution in [2.24, 2.45) is 5.73 Å². The fourth-order valence-corrected chi connectivity index (χ4v) is 0.757. The average molecular weight is 169 g/mol. The van der Waals surface area contributed by atoms with Crippen molar-refractivity contribution in [1.82, 2.24) is 9.97 Å². The summed E-state index contributed by atoms with van der Waals surface area (Å²) >= 11 is 0. The van der Waals surface area contributed by atoms with Crippen molar-refractivity contribution in [2.45, 2.75) is 6.42 Å². The van der Waals surface area contributed by atoms with E-state index < -0.39 is 17.2 Å². The highest BCUT2D eigenvalue weighted by atomic mass is 16.2. The van der Waals surface area contributed by atoms with Crippen LogP contribution in [0.3, 0.4) is 0 Å². The lowest BCUT2D eigenvalue weighted by molar-refractivity contribution is -0.117. The predicted octanol–water partition coefficient (Wildman–Crippen LogP) is -1.91. The van der Waals surface area contributed by atoms with E-state index >= 15 is 0 Å². The number of amides is 1. The van der Waals surface area contributed by atoms with E-state index in [-0.39, 0.29) is 12.0 Å². The molecule has 0 saturated carbocycles. The Bertz CT molecular complexity index is 403. The van der Waals surface area contributed by atoms with Crippen molar-refractivity contribution in [1.29, 1.82) is 0 Å². The summed E-state index contributed by atoms with van der Waals surface area (Å²) in [7, 11) is 0. The third-order valence-electron chi connectivity index (χ3n) is 1.26. The summed E-state index contributed by atoms with van der Waals surface area (Å²) in [6, 6.07) is 0. The molecular formula is C6H7N3O3. The molecule has 0 radical (unpaired) electrons. The van der Waals surface area contributed by atoms with E-state index in [1.165, 1.54) is 6.20 Å². The van der Waals surface area contributed by atoms with Crippen LogP contribution in [0, 0.1) is 0 Å². The molecule has 0 aliphatic rings. The van der Waals surface area contributed by atoms with Gasteiger partial charge in [-0.2, -0.15) is 0 Å². The average Bonchev–Trinajstić information content (AvgIpc) is 1.94. The van der Waals surface area contributed by atoms with E-state index in [4.69, 9.17) is 5.73 Å². The van der Waals surface area contributed by atoms with Gasteiger partial charge in [0.2, 0.25) is 5.91 Å². The first-order chi connectivity index (χ1) is 5.59. The standard InChI is InChI=1S/C6H7N3O3/c7-4(10)1-3-2-8-6(12)9-5(3)11/h2H,1H2,(H2,7,10)(H2,8,9,11,12). The van der Waals surface area contributed by atoms with Gasteiger partial charge in [-0.1, -0.05) is 0 Å². The Hall–Kier alpha value is -1.85. The van der Waals surface area contributed by atoms with Gasteiger partial charge in [-0.25, -0.2) is 4.79 Å². The minimum absolute atomic E-state index is 0.155. The fourth-order valence-electron chi connectivity index (χ4n) is 0.757. The lowest BCUT2D eigenvalue weighted by atomic mass is 10.2. The zero-order valence-electron chi connectivity index (χ0n) is 6.09. The second-order valence-corrected chi connectivity index (χ2v) is 2.24. The van der Waals surface area contributed by atoms with Crippen LogP contribution < -0.4 is 17.0 Å². The first kappa shape index (κ1) is 8.25. The molecule has 0 aromatic carbocycles. The number of rotatable bonds is 2. The number of nitrogens with one attached hydrogen (secondary N) is 2. The van der Waals surface area contributed by atoms with Crippen LogP contribution in [-0.4, -0.2) is 15.9 Å². The number of aromatic amines is 2. The Morgan fingerprint density at radius 2 is 2.17 bits per heavy atom. The molecule has 0 aliphatic carbocycles. The zero-order valence-corrected chi connectivity index (χ0v) is 6.09. The van der Waals surface area contributed by atoms with Crippen LogP contribution in [0.5, 0.6) is 0 Å². The van der Waals surface area contributed by atoms with Crippen LogP contribution in [0.25, 0.3) is 0 Å². The molecule has 0 saturated heterocycles. The zero-order chi connectivity index (χ0) is 9.14. The quantitative estimate of drug-likeness (QED) is 0.480. The molecule has 1 aromatic rings. The second kappa shape index (κ2) is 3.04. The van der Waals surface area contributed by atoms with Crippen molar-refractivity contribution < 1.29 is 4.79 Å². The highest BCUT2D eigenvalue weighted by molar-refractivity contribution is 5.76. The van der Waals surface area contributed by atoms with Crippen molar-refractivity contribution >= 4 is 5.91 Å². The second-order valence-electron chi connectivity index (χ2n) is 2.24. The SMILES string of the molecule is NC(=O)Cc1c[nH]c(=O)[nH]c1=O. The van der Waals surface area contributed by atoms with Gasteiger partial charge in [0.05, 0.1) is 6.42 Å². The van der Waals surface area contributed by atoms with Crippen LogP contribution in [0.2, 0.25) is 0 Å². The van der Waals surface area contributed by atoms with Gasteiger partial charge in [0.15, 0.2) is 0 Å². The number of carbonyl (C=O) groups excluding carboxylic acids is 1. The molecule has 64 valence electrons. The summed E-state index contributed by atoms with van der Waals surface area (Å²) in [5.74, 6) is -0.618. The summed E-state index contributed by atoms with van der Waals surface area (Å²) in [6.07, 6.45) is 0.998. The Kier molecular flexibility index (Phi) is 2.09. The van der Waals surface area contributed by atoms with Gasteiger partial charge >= 0.3 is 5.69 Å². The lowest BCUT2D eigenvalue weighted by Crippen LogP contribution is -2.27. The third kappa shape index (κ3) is 1.82. The molecule has 0 aliphatic heterocycles. The maximum atomic E-state index is 10.9. The summed E-state index contributed by atoms with van der Waals surface area (Å²) in [5, 5.41) is 0. The van der Waals surface area contributed by atoms with Crippen LogP contribution in [0.15, 0.2) is 15.8 Å². The van der Waals surface area contributed by atoms with Gasteiger partial charge < -0.3 is 10.7 Å². The molecule has 1 amide bonds. The first-order valence-electron chi connectivity index (χ1n) is 3.19. The minimum Gasteiger partial charge on any atom is -0.369 e. The molecule has 0 unspecified atom stereocenters. The van der Waals surface area contributed by atoms with Gasteiger partial charge in [0, 0.05) is 11.8 Å². The molecule has 12 heavy (non-hydrogen) atoms. The lowest BCUT2D eigenvalue weighted by Gasteiger charge is -1.93. The van der Waals surface area contributed by atoms with Gasteiger partial charge in [-0.05, 0) is 0 Å². The van der Waals surface area contributed by atoms with Gasteiger partial charge in [0.25, 0.3) is 5.56 Å². The minimum atomic E-state index is -0.618. The van der Waals surface area contributed by atoms with Crippen LogP contribution in [0.1, 0.15) is 5.56 Å². The highest BCUT2D eigenvalue weighted by Gasteiger charge is 2.02. The fraction of sp³-hybridized carbons (Fsp3) is 0.167. The summed E-state index contributed by atoms with van der Waals surface area (Å²) in [5.41, 5.74) is 3.81. The van der Waals surface area contributed by atoms with Crippen LogP contribution >= 0.6 is 0 Å². The monoisotopic (exact) mass is 169 g/mol. The van der Waals surface area contributed by atoms with E-state index in [9.17, 15) is 14.4 Å². The molecule has 6 nitrogen and oxygen atoms in total. The van der Waals surface area contributed by atoms with Crippen molar-refractivity contribution in [3.05, 3.63) is 32.6 Å². The maximum Gasteiger partial charge on any atom is 0.325 e. The molecular weight excluding hydrogens is 162 g/mol. The predicted molar refractivity (Wildman–Crippen MR) is 40.6 cm³/mol. The van der Waals surface area contributed by atoms with E-state index in [0.29, 0.717) is 0 Å². The van der Waals surface area contributed by atoms with E-state index in [1.54, 1.807) is 0 Å². The summed E-state index contributed by atoms with van der Waals surface area (Å²) in [4.78, 5) is 36.0. The third-order valence-corrected chi connectivity index (χ3v) is 1.26. The van der Waals surface area contributed by atoms with Crippen molar-refractivity contribution in [3.8, 4) is 0 Å². The molecule has 1 heterocycles. The Morgan fingerprint density at radius 3 is 2.67 bits per heavy atom. The molecule has 0 fully saturated rings. The van der Waals surface area contributed by atoms with E-state index in [0.717, 1.165) is 0 Å². The molecule has 0 spiro atoms. The highest BCUT2D eigenvalue weighted by Crippen LogP contribution is 1.84. The molecule has 4 N–H and O–H groups in total. The molecule has 0 atom stereocenters. The van der Waals surface area contributed by atoms with E-state index in [2.05, 4.69) is 4.98 Å². The summed E-state index contributed by atoms with van der Waals surface area (Å²) in [6.45, 7) is 0. The van der Waals surface area contributed by atoms with Gasteiger partial charge in [-0.3, -0.25) is 14.6 Å². The Labute approximate surface area is 66.4 Å². The molecule has 6 heteroatoms. The molecule has 1 rings (SSSR count). The molecule has 0 bridgehead atoms. The van der Waals surface area contributed by atoms with Gasteiger partial charge in [0.1, 0.15) is 0 Å². The van der Waals surface area contributed by atoms with Gasteiger partial charge in [-0.15, -0.1) is 0 Å². The number of hydrogen-bond acceptors (Lipinski definition) is 3. The number of aromatic nitrogens is 2. The topological polar surface area (TPSA) is 109 Å².